The molecule has 0 fully saturated rings. The van der Waals surface area contributed by atoms with Crippen molar-refractivity contribution in [3.8, 4) is 11.5 Å². The van der Waals surface area contributed by atoms with E-state index in [0.29, 0.717) is 18.8 Å². The van der Waals surface area contributed by atoms with E-state index in [1.807, 2.05) is 18.7 Å². The number of rotatable bonds is 10. The maximum atomic E-state index is 14.0. The van der Waals surface area contributed by atoms with Gasteiger partial charge in [0.2, 0.25) is 0 Å². The van der Waals surface area contributed by atoms with E-state index in [9.17, 15) is 18.0 Å². The van der Waals surface area contributed by atoms with Crippen LogP contribution in [0, 0.1) is 0 Å². The van der Waals surface area contributed by atoms with Crippen molar-refractivity contribution < 1.29 is 27.4 Å². The molecule has 2 aromatic carbocycles. The van der Waals surface area contributed by atoms with E-state index in [1.54, 1.807) is 30.3 Å². The Morgan fingerprint density at radius 3 is 2.10 bits per heavy atom. The quantitative estimate of drug-likeness (QED) is 0.399. The van der Waals surface area contributed by atoms with Crippen LogP contribution in [0.5, 0.6) is 11.5 Å². The smallest absolute Gasteiger partial charge is 0.420 e. The van der Waals surface area contributed by atoms with Crippen LogP contribution in [-0.2, 0) is 10.9 Å². The van der Waals surface area contributed by atoms with Crippen molar-refractivity contribution in [2.45, 2.75) is 45.7 Å². The van der Waals surface area contributed by atoms with Crippen LogP contribution >= 0.6 is 0 Å². The highest BCUT2D eigenvalue weighted by molar-refractivity contribution is 5.92. The summed E-state index contributed by atoms with van der Waals surface area (Å²) in [5, 5.41) is 0. The number of carbonyl (C=O) groups is 1. The number of nitrogens with zero attached hydrogens (tertiary/aromatic N) is 1. The molecule has 0 saturated carbocycles. The van der Waals surface area contributed by atoms with Crippen LogP contribution < -0.4 is 9.64 Å². The Hall–Kier alpha value is -2.70. The molecular weight excluding hydrogens is 395 g/mol. The Labute approximate surface area is 175 Å². The van der Waals surface area contributed by atoms with Gasteiger partial charge in [-0.15, -0.1) is 0 Å². The zero-order valence-corrected chi connectivity index (χ0v) is 17.6. The highest BCUT2D eigenvalue weighted by Crippen LogP contribution is 2.45. The third kappa shape index (κ3) is 6.15. The van der Waals surface area contributed by atoms with E-state index < -0.39 is 17.7 Å². The third-order valence-electron chi connectivity index (χ3n) is 4.66. The number of esters is 1. The van der Waals surface area contributed by atoms with Crippen LogP contribution in [0.15, 0.2) is 42.5 Å². The van der Waals surface area contributed by atoms with Gasteiger partial charge in [-0.2, -0.15) is 13.2 Å². The Kier molecular flexibility index (Phi) is 8.57. The van der Waals surface area contributed by atoms with Crippen molar-refractivity contribution in [1.29, 1.82) is 0 Å². The second-order valence-electron chi connectivity index (χ2n) is 6.97. The second kappa shape index (κ2) is 10.9. The Morgan fingerprint density at radius 1 is 1.00 bits per heavy atom. The first-order valence-electron chi connectivity index (χ1n) is 10.1. The van der Waals surface area contributed by atoms with Gasteiger partial charge in [0.1, 0.15) is 11.3 Å². The SMILES string of the molecule is CCCCN(CCCC)c1cc(C(=O)OC)cc(C(F)(F)F)c1Oc1ccccc1. The van der Waals surface area contributed by atoms with Gasteiger partial charge in [0, 0.05) is 13.1 Å². The molecule has 0 aliphatic carbocycles. The molecule has 0 saturated heterocycles. The largest absolute Gasteiger partial charge is 0.465 e. The second-order valence-corrected chi connectivity index (χ2v) is 6.97. The minimum Gasteiger partial charge on any atom is -0.465 e. The van der Waals surface area contributed by atoms with Gasteiger partial charge < -0.3 is 14.4 Å². The van der Waals surface area contributed by atoms with Crippen LogP contribution in [0.3, 0.4) is 0 Å². The number of carbonyl (C=O) groups excluding carboxylic acids is 1. The van der Waals surface area contributed by atoms with Crippen molar-refractivity contribution >= 4 is 11.7 Å². The maximum Gasteiger partial charge on any atom is 0.420 e. The first-order valence-corrected chi connectivity index (χ1v) is 10.1. The summed E-state index contributed by atoms with van der Waals surface area (Å²) in [4.78, 5) is 14.0. The van der Waals surface area contributed by atoms with Crippen molar-refractivity contribution in [2.24, 2.45) is 0 Å². The van der Waals surface area contributed by atoms with E-state index >= 15 is 0 Å². The van der Waals surface area contributed by atoms with Crippen LogP contribution in [0.4, 0.5) is 18.9 Å². The molecule has 164 valence electrons. The summed E-state index contributed by atoms with van der Waals surface area (Å²) in [5.41, 5.74) is -0.906. The van der Waals surface area contributed by atoms with E-state index in [2.05, 4.69) is 0 Å². The van der Waals surface area contributed by atoms with Gasteiger partial charge >= 0.3 is 12.1 Å². The highest BCUT2D eigenvalue weighted by Gasteiger charge is 2.38. The summed E-state index contributed by atoms with van der Waals surface area (Å²) < 4.78 is 52.4. The molecular formula is C23H28F3NO3. The lowest BCUT2D eigenvalue weighted by Crippen LogP contribution is -2.27. The summed E-state index contributed by atoms with van der Waals surface area (Å²) in [7, 11) is 1.15. The fourth-order valence-corrected chi connectivity index (χ4v) is 3.06. The van der Waals surface area contributed by atoms with Crippen molar-refractivity contribution in [2.75, 3.05) is 25.1 Å². The fourth-order valence-electron chi connectivity index (χ4n) is 3.06. The summed E-state index contributed by atoms with van der Waals surface area (Å²) >= 11 is 0. The predicted molar refractivity (Wildman–Crippen MR) is 111 cm³/mol. The molecule has 2 aromatic rings. The van der Waals surface area contributed by atoms with Gasteiger partial charge in [0.25, 0.3) is 0 Å². The minimum atomic E-state index is -4.70. The molecule has 0 bridgehead atoms. The fraction of sp³-hybridized carbons (Fsp3) is 0.435. The van der Waals surface area contributed by atoms with Gasteiger partial charge in [-0.25, -0.2) is 4.79 Å². The van der Waals surface area contributed by atoms with E-state index in [-0.39, 0.29) is 17.0 Å². The van der Waals surface area contributed by atoms with Gasteiger partial charge in [-0.1, -0.05) is 44.9 Å². The average molecular weight is 423 g/mol. The zero-order chi connectivity index (χ0) is 22.1. The van der Waals surface area contributed by atoms with Crippen LogP contribution in [0.25, 0.3) is 0 Å². The molecule has 0 aliphatic heterocycles. The number of hydrogen-bond donors (Lipinski definition) is 0. The summed E-state index contributed by atoms with van der Waals surface area (Å²) in [6.45, 7) is 5.16. The Balaban J connectivity index is 2.70. The van der Waals surface area contributed by atoms with Crippen LogP contribution in [0.2, 0.25) is 0 Å². The van der Waals surface area contributed by atoms with Gasteiger partial charge in [-0.05, 0) is 37.1 Å². The molecule has 0 aliphatic rings. The van der Waals surface area contributed by atoms with E-state index in [0.717, 1.165) is 38.9 Å². The molecule has 30 heavy (non-hydrogen) atoms. The number of alkyl halides is 3. The topological polar surface area (TPSA) is 38.8 Å². The Bertz CT molecular complexity index is 814. The van der Waals surface area contributed by atoms with Gasteiger partial charge in [0.15, 0.2) is 5.75 Å². The first kappa shape index (κ1) is 23.6. The van der Waals surface area contributed by atoms with Crippen LogP contribution in [-0.4, -0.2) is 26.2 Å². The van der Waals surface area contributed by atoms with Crippen LogP contribution in [0.1, 0.15) is 55.5 Å². The van der Waals surface area contributed by atoms with Gasteiger partial charge in [-0.3, -0.25) is 0 Å². The van der Waals surface area contributed by atoms with E-state index in [1.165, 1.54) is 6.07 Å². The number of benzene rings is 2. The average Bonchev–Trinajstić information content (AvgIpc) is 2.73. The predicted octanol–water partition coefficient (Wildman–Crippen LogP) is 6.69. The number of methoxy groups -OCH3 is 1. The lowest BCUT2D eigenvalue weighted by atomic mass is 10.0. The number of unbranched alkanes of at least 4 members (excludes halogenated alkanes) is 2. The molecule has 0 amide bonds. The van der Waals surface area contributed by atoms with Gasteiger partial charge in [0.05, 0.1) is 18.4 Å². The van der Waals surface area contributed by atoms with Crippen molar-refractivity contribution in [3.63, 3.8) is 0 Å². The lowest BCUT2D eigenvalue weighted by molar-refractivity contribution is -0.138. The molecule has 2 rings (SSSR count). The molecule has 7 heteroatoms. The molecule has 0 heterocycles. The summed E-state index contributed by atoms with van der Waals surface area (Å²) in [5.74, 6) is -0.825. The first-order chi connectivity index (χ1) is 14.3. The number of para-hydroxylation sites is 1. The van der Waals surface area contributed by atoms with Crippen molar-refractivity contribution in [1.82, 2.24) is 0 Å². The maximum absolute atomic E-state index is 14.0. The molecule has 0 radical (unpaired) electrons. The molecule has 0 unspecified atom stereocenters. The molecule has 0 atom stereocenters. The monoisotopic (exact) mass is 423 g/mol. The number of anilines is 1. The molecule has 0 aromatic heterocycles. The number of hydrogen-bond acceptors (Lipinski definition) is 4. The molecule has 0 spiro atoms. The lowest BCUT2D eigenvalue weighted by Gasteiger charge is -2.29. The third-order valence-corrected chi connectivity index (χ3v) is 4.66. The standard InChI is InChI=1S/C23H28F3NO3/c1-4-6-13-27(14-7-5-2)20-16-17(22(28)29-3)15-19(23(24,25)26)21(20)30-18-11-9-8-10-12-18/h8-12,15-16H,4-7,13-14H2,1-3H3. The highest BCUT2D eigenvalue weighted by atomic mass is 19.4. The Morgan fingerprint density at radius 2 is 1.60 bits per heavy atom. The number of halogens is 3. The molecule has 0 N–H and O–H groups in total. The normalized spacial score (nSPS) is 11.3. The zero-order valence-electron chi connectivity index (χ0n) is 17.6. The molecule has 4 nitrogen and oxygen atoms in total. The van der Waals surface area contributed by atoms with Crippen molar-refractivity contribution in [3.05, 3.63) is 53.6 Å². The van der Waals surface area contributed by atoms with E-state index in [4.69, 9.17) is 9.47 Å². The summed E-state index contributed by atoms with van der Waals surface area (Å²) in [6, 6.07) is 10.6. The summed E-state index contributed by atoms with van der Waals surface area (Å²) in [6.07, 6.45) is -1.32. The number of ether oxygens (including phenoxy) is 2. The minimum absolute atomic E-state index is 0.154.